The van der Waals surface area contributed by atoms with Crippen molar-refractivity contribution in [1.82, 2.24) is 0 Å². The fourth-order valence-electron chi connectivity index (χ4n) is 2.46. The molecule has 0 N–H and O–H groups in total. The first-order valence-corrected chi connectivity index (χ1v) is 7.40. The molecule has 0 atom stereocenters. The molecule has 0 spiro atoms. The predicted molar refractivity (Wildman–Crippen MR) is 92.6 cm³/mol. The standard InChI is InChI=1S/C19H18FN3/c1-14(19(13-21)22-2)15-5-6-17-12-18(8-7-16(17)11-15)23(3)10-4-9-20/h5-8,11-12H,4,9-10H2,1,3H3/i20-1. The molecule has 0 bridgehead atoms. The van der Waals surface area contributed by atoms with Gasteiger partial charge in [0, 0.05) is 19.3 Å². The number of allylic oxidation sites excluding steroid dienone is 2. The number of nitrogens with zero attached hydrogens (tertiary/aromatic N) is 3. The lowest BCUT2D eigenvalue weighted by molar-refractivity contribution is 0.474. The summed E-state index contributed by atoms with van der Waals surface area (Å²) in [5.74, 6) is 0. The van der Waals surface area contributed by atoms with E-state index in [2.05, 4.69) is 10.9 Å². The summed E-state index contributed by atoms with van der Waals surface area (Å²) in [4.78, 5) is 5.29. The monoisotopic (exact) mass is 306 g/mol. The van der Waals surface area contributed by atoms with Crippen molar-refractivity contribution in [3.63, 3.8) is 0 Å². The molecule has 0 heterocycles. The van der Waals surface area contributed by atoms with E-state index in [4.69, 9.17) is 11.8 Å². The van der Waals surface area contributed by atoms with Gasteiger partial charge < -0.3 is 4.90 Å². The third-order valence-electron chi connectivity index (χ3n) is 3.90. The number of alkyl halides is 1. The Kier molecular flexibility index (Phi) is 5.33. The van der Waals surface area contributed by atoms with Crippen molar-refractivity contribution in [3.8, 4) is 6.07 Å². The molecule has 0 amide bonds. The van der Waals surface area contributed by atoms with Gasteiger partial charge in [0.2, 0.25) is 0 Å². The van der Waals surface area contributed by atoms with Crippen LogP contribution in [-0.2, 0) is 0 Å². The second-order valence-corrected chi connectivity index (χ2v) is 5.41. The Morgan fingerprint density at radius 1 is 1.26 bits per heavy atom. The van der Waals surface area contributed by atoms with Crippen molar-refractivity contribution in [1.29, 1.82) is 5.26 Å². The maximum atomic E-state index is 12.3. The number of fused-ring (bicyclic) bond motifs is 1. The molecule has 0 saturated heterocycles. The molecule has 3 nitrogen and oxygen atoms in total. The maximum Gasteiger partial charge on any atom is 0.265 e. The second-order valence-electron chi connectivity index (χ2n) is 5.41. The highest BCUT2D eigenvalue weighted by Crippen LogP contribution is 2.26. The zero-order valence-corrected chi connectivity index (χ0v) is 13.3. The van der Waals surface area contributed by atoms with Gasteiger partial charge in [-0.25, -0.2) is 10.1 Å². The molecule has 0 aliphatic carbocycles. The molecule has 0 radical (unpaired) electrons. The van der Waals surface area contributed by atoms with Crippen molar-refractivity contribution < 1.29 is 4.39 Å². The van der Waals surface area contributed by atoms with Crippen molar-refractivity contribution >= 4 is 22.0 Å². The average molecular weight is 306 g/mol. The average Bonchev–Trinajstić information content (AvgIpc) is 2.59. The molecule has 2 aromatic rings. The number of halogens is 1. The van der Waals surface area contributed by atoms with Gasteiger partial charge in [0.25, 0.3) is 5.70 Å². The van der Waals surface area contributed by atoms with Crippen LogP contribution >= 0.6 is 0 Å². The Morgan fingerprint density at radius 3 is 2.61 bits per heavy atom. The highest BCUT2D eigenvalue weighted by Gasteiger charge is 2.07. The molecule has 0 unspecified atom stereocenters. The fourth-order valence-corrected chi connectivity index (χ4v) is 2.46. The number of benzene rings is 2. The Bertz CT molecular complexity index is 809. The van der Waals surface area contributed by atoms with Crippen LogP contribution in [0.4, 0.5) is 10.1 Å². The van der Waals surface area contributed by atoms with E-state index in [0.29, 0.717) is 18.5 Å². The van der Waals surface area contributed by atoms with Gasteiger partial charge in [-0.3, -0.25) is 4.39 Å². The SMILES string of the molecule is [C-]#[N+]C(C#N)=C(C)c1ccc2cc(N(C)CCC[18F])ccc2c1. The summed E-state index contributed by atoms with van der Waals surface area (Å²) in [5, 5.41) is 11.1. The lowest BCUT2D eigenvalue weighted by Crippen LogP contribution is -2.18. The van der Waals surface area contributed by atoms with Gasteiger partial charge in [-0.2, -0.15) is 0 Å². The minimum atomic E-state index is -0.310. The van der Waals surface area contributed by atoms with E-state index >= 15 is 0 Å². The summed E-state index contributed by atoms with van der Waals surface area (Å²) in [6.07, 6.45) is 0.519. The Hall–Kier alpha value is -2.85. The zero-order valence-electron chi connectivity index (χ0n) is 13.3. The first kappa shape index (κ1) is 16.5. The second kappa shape index (κ2) is 7.42. The third-order valence-corrected chi connectivity index (χ3v) is 3.90. The maximum absolute atomic E-state index is 12.3. The summed E-state index contributed by atoms with van der Waals surface area (Å²) in [6.45, 7) is 9.20. The number of rotatable bonds is 5. The van der Waals surface area contributed by atoms with Crippen molar-refractivity contribution in [2.75, 3.05) is 25.2 Å². The smallest absolute Gasteiger partial charge is 0.265 e. The quantitative estimate of drug-likeness (QED) is 0.586. The van der Waals surface area contributed by atoms with Crippen LogP contribution < -0.4 is 4.90 Å². The minimum absolute atomic E-state index is 0.118. The first-order valence-electron chi connectivity index (χ1n) is 7.40. The molecule has 2 rings (SSSR count). The van der Waals surface area contributed by atoms with Crippen LogP contribution in [0.15, 0.2) is 42.1 Å². The molecule has 0 aliphatic rings. The lowest BCUT2D eigenvalue weighted by atomic mass is 10.0. The van der Waals surface area contributed by atoms with Gasteiger partial charge >= 0.3 is 0 Å². The molecule has 116 valence electrons. The molecular weight excluding hydrogens is 288 g/mol. The van der Waals surface area contributed by atoms with Crippen LogP contribution in [0.2, 0.25) is 0 Å². The Balaban J connectivity index is 2.39. The summed E-state index contributed by atoms with van der Waals surface area (Å²) in [5.41, 5.74) is 2.73. The van der Waals surface area contributed by atoms with Crippen molar-refractivity contribution in [2.24, 2.45) is 0 Å². The zero-order chi connectivity index (χ0) is 16.8. The molecule has 4 heteroatoms. The predicted octanol–water partition coefficient (Wildman–Crippen LogP) is 4.81. The summed E-state index contributed by atoms with van der Waals surface area (Å²) in [6, 6.07) is 13.9. The van der Waals surface area contributed by atoms with Crippen molar-refractivity contribution in [3.05, 3.63) is 59.1 Å². The Morgan fingerprint density at radius 2 is 1.96 bits per heavy atom. The molecule has 0 fully saturated rings. The van der Waals surface area contributed by atoms with E-state index in [-0.39, 0.29) is 12.4 Å². The topological polar surface area (TPSA) is 31.4 Å². The van der Waals surface area contributed by atoms with Gasteiger partial charge in [0.15, 0.2) is 0 Å². The van der Waals surface area contributed by atoms with E-state index in [0.717, 1.165) is 22.0 Å². The van der Waals surface area contributed by atoms with E-state index in [1.54, 1.807) is 6.92 Å². The first-order chi connectivity index (χ1) is 11.1. The third kappa shape index (κ3) is 3.67. The van der Waals surface area contributed by atoms with Crippen LogP contribution in [0, 0.1) is 17.9 Å². The molecule has 2 aromatic carbocycles. The fraction of sp³-hybridized carbons (Fsp3) is 0.263. The van der Waals surface area contributed by atoms with E-state index in [1.165, 1.54) is 0 Å². The summed E-state index contributed by atoms with van der Waals surface area (Å²) in [7, 11) is 1.95. The molecule has 23 heavy (non-hydrogen) atoms. The van der Waals surface area contributed by atoms with E-state index in [9.17, 15) is 4.39 Å². The van der Waals surface area contributed by atoms with Gasteiger partial charge in [-0.1, -0.05) is 18.2 Å². The van der Waals surface area contributed by atoms with Crippen LogP contribution in [0.5, 0.6) is 0 Å². The largest absolute Gasteiger partial charge is 0.374 e. The van der Waals surface area contributed by atoms with Crippen molar-refractivity contribution in [2.45, 2.75) is 13.3 Å². The summed E-state index contributed by atoms with van der Waals surface area (Å²) < 4.78 is 12.3. The van der Waals surface area contributed by atoms with Crippen LogP contribution in [0.3, 0.4) is 0 Å². The van der Waals surface area contributed by atoms with Gasteiger partial charge in [0.05, 0.1) is 19.3 Å². The van der Waals surface area contributed by atoms with Crippen LogP contribution in [-0.4, -0.2) is 20.3 Å². The van der Waals surface area contributed by atoms with E-state index in [1.807, 2.05) is 48.3 Å². The van der Waals surface area contributed by atoms with E-state index < -0.39 is 0 Å². The van der Waals surface area contributed by atoms with Gasteiger partial charge in [-0.15, -0.1) is 0 Å². The van der Waals surface area contributed by atoms with Crippen LogP contribution in [0.25, 0.3) is 21.2 Å². The van der Waals surface area contributed by atoms with Gasteiger partial charge in [-0.05, 0) is 53.5 Å². The highest BCUT2D eigenvalue weighted by atomic mass is 18.2. The minimum Gasteiger partial charge on any atom is -0.374 e. The van der Waals surface area contributed by atoms with Crippen LogP contribution in [0.1, 0.15) is 18.9 Å². The summed E-state index contributed by atoms with van der Waals surface area (Å²) >= 11 is 0. The number of hydrogen-bond donors (Lipinski definition) is 0. The number of anilines is 1. The molecular formula is C19H18FN3. The highest BCUT2D eigenvalue weighted by molar-refractivity contribution is 5.89. The normalized spacial score (nSPS) is 11.5. The lowest BCUT2D eigenvalue weighted by Gasteiger charge is -2.19. The number of nitriles is 1. The van der Waals surface area contributed by atoms with Gasteiger partial charge in [0.1, 0.15) is 0 Å². The molecule has 0 aliphatic heterocycles. The number of hydrogen-bond acceptors (Lipinski definition) is 2. The molecule has 0 aromatic heterocycles. The molecule has 0 saturated carbocycles. The Labute approximate surface area is 136 Å².